The summed E-state index contributed by atoms with van der Waals surface area (Å²) in [7, 11) is 0. The third-order valence-corrected chi connectivity index (χ3v) is 16.6. The Morgan fingerprint density at radius 2 is 0.826 bits per heavy atom. The second-order valence-electron chi connectivity index (χ2n) is 18.2. The number of allylic oxidation sites excluding steroid dienone is 2. The molecule has 0 spiro atoms. The Bertz CT molecular complexity index is 3350. The molecule has 10 rings (SSSR count). The van der Waals surface area contributed by atoms with E-state index in [9.17, 15) is 0 Å². The van der Waals surface area contributed by atoms with Crippen LogP contribution >= 0.6 is 69.6 Å². The molecule has 0 bridgehead atoms. The molecule has 0 atom stereocenters. The fraction of sp³-hybridized carbons (Fsp3) is 0.207. The van der Waals surface area contributed by atoms with E-state index in [1.54, 1.807) is 0 Å². The van der Waals surface area contributed by atoms with Crippen molar-refractivity contribution < 1.29 is 9.13 Å². The van der Waals surface area contributed by atoms with Gasteiger partial charge in [0.25, 0.3) is 25.8 Å². The summed E-state index contributed by atoms with van der Waals surface area (Å²) in [6, 6.07) is 45.1. The molecule has 7 aromatic carbocycles. The summed E-state index contributed by atoms with van der Waals surface area (Å²) in [5.74, 6) is 0. The van der Waals surface area contributed by atoms with Crippen LogP contribution in [0.5, 0.6) is 0 Å². The fourth-order valence-electron chi connectivity index (χ4n) is 9.89. The number of nitrogens with zero attached hydrogens (tertiary/aromatic N) is 5. The minimum atomic E-state index is 0.483. The zero-order valence-corrected chi connectivity index (χ0v) is 43.2. The van der Waals surface area contributed by atoms with E-state index in [-0.39, 0.29) is 0 Å². The molecule has 0 unspecified atom stereocenters. The van der Waals surface area contributed by atoms with Crippen LogP contribution in [0, 0.1) is 27.0 Å². The first kappa shape index (κ1) is 47.4. The molecule has 9 aromatic rings. The molecule has 0 saturated heterocycles. The van der Waals surface area contributed by atoms with Crippen LogP contribution in [0.2, 0.25) is 20.6 Å². The SMILES string of the molecule is Cc1c(CC2=[C+]N(CCc3ccc4ccccc4c3)C(Cl)=C2Cl)c(C)c(C[n+]2cn(CCc3ccc4ccccc4c3)c(Cl)c2Cl)c(C)c1C[n+]1cn(CCc2ccc3ccccc3c2)c(Cl)c1Cl. The number of aryl methyl sites for hydroxylation is 4. The van der Waals surface area contributed by atoms with Crippen molar-refractivity contribution in [2.45, 2.75) is 72.6 Å². The van der Waals surface area contributed by atoms with Crippen LogP contribution in [-0.4, -0.2) is 20.6 Å². The van der Waals surface area contributed by atoms with Crippen molar-refractivity contribution in [3.8, 4) is 0 Å². The first-order valence-corrected chi connectivity index (χ1v) is 25.5. The monoisotopic (exact) mass is 1030 g/mol. The molecule has 0 aliphatic carbocycles. The van der Waals surface area contributed by atoms with E-state index in [1.807, 2.05) is 35.8 Å². The highest BCUT2D eigenvalue weighted by molar-refractivity contribution is 6.41. The molecule has 69 heavy (non-hydrogen) atoms. The summed E-state index contributed by atoms with van der Waals surface area (Å²) in [5.41, 5.74) is 11.4. The standard InChI is InChI=1S/C58H50Cl6N5/c1-37-50(31-49-32-65(54(60)53(49)59)25-22-40-16-19-43-10-4-7-13-46(43)28-40)38(2)52(34-69-36-67(56(62)58(69)64)27-24-42-18-21-45-12-6-9-15-48(45)30-42)39(3)51(37)33-68-35-66(55(61)57(68)63)26-23-41-17-20-44-11-5-8-14-47(44)29-41/h4-21,28-30,35-36H,22-27,31,33-34H2,1-3H3/q+3. The number of hydrogen-bond donors (Lipinski definition) is 0. The Balaban J connectivity index is 0.958. The average molecular weight is 1030 g/mol. The molecule has 1 aliphatic rings. The van der Waals surface area contributed by atoms with E-state index in [4.69, 9.17) is 69.6 Å². The first-order chi connectivity index (χ1) is 33.4. The zero-order chi connectivity index (χ0) is 47.9. The molecule has 11 heteroatoms. The Morgan fingerprint density at radius 1 is 0.449 bits per heavy atom. The number of halogens is 6. The van der Waals surface area contributed by atoms with Crippen LogP contribution in [0.4, 0.5) is 0 Å². The normalized spacial score (nSPS) is 12.8. The Morgan fingerprint density at radius 3 is 1.25 bits per heavy atom. The van der Waals surface area contributed by atoms with Crippen molar-refractivity contribution in [2.75, 3.05) is 6.54 Å². The summed E-state index contributed by atoms with van der Waals surface area (Å²) in [4.78, 5) is 1.95. The van der Waals surface area contributed by atoms with Crippen LogP contribution in [0.25, 0.3) is 32.3 Å². The van der Waals surface area contributed by atoms with E-state index < -0.39 is 0 Å². The minimum Gasteiger partial charge on any atom is -0.219 e. The fourth-order valence-corrected chi connectivity index (χ4v) is 11.2. The van der Waals surface area contributed by atoms with Crippen molar-refractivity contribution in [3.05, 3.63) is 233 Å². The Labute approximate surface area is 433 Å². The molecule has 0 saturated carbocycles. The number of hydrogen-bond acceptors (Lipinski definition) is 1. The van der Waals surface area contributed by atoms with Gasteiger partial charge in [0.15, 0.2) is 5.57 Å². The average Bonchev–Trinajstić information content (AvgIpc) is 3.92. The summed E-state index contributed by atoms with van der Waals surface area (Å²) in [5, 5.41) is 10.3. The van der Waals surface area contributed by atoms with E-state index in [2.05, 4.69) is 154 Å². The van der Waals surface area contributed by atoms with Crippen LogP contribution in [-0.2, 0) is 51.9 Å². The number of benzene rings is 7. The van der Waals surface area contributed by atoms with E-state index >= 15 is 0 Å². The molecule has 0 fully saturated rings. The van der Waals surface area contributed by atoms with Gasteiger partial charge in [-0.05, 0) is 145 Å². The third-order valence-electron chi connectivity index (χ3n) is 13.9. The highest BCUT2D eigenvalue weighted by Crippen LogP contribution is 2.38. The lowest BCUT2D eigenvalue weighted by Gasteiger charge is -2.21. The quantitative estimate of drug-likeness (QED) is 0.0569. The molecule has 2 aromatic heterocycles. The van der Waals surface area contributed by atoms with Gasteiger partial charge in [-0.25, -0.2) is 18.3 Å². The number of fused-ring (bicyclic) bond motifs is 3. The van der Waals surface area contributed by atoms with Crippen molar-refractivity contribution >= 4 is 102 Å². The molecular formula is C58H50Cl6N5+3. The smallest absolute Gasteiger partial charge is 0.219 e. The predicted octanol–water partition coefficient (Wildman–Crippen LogP) is 14.9. The summed E-state index contributed by atoms with van der Waals surface area (Å²) >= 11 is 42.4. The van der Waals surface area contributed by atoms with Gasteiger partial charge in [0.05, 0.1) is 19.6 Å². The maximum atomic E-state index is 7.12. The second-order valence-corrected chi connectivity index (χ2v) is 20.3. The topological polar surface area (TPSA) is 20.9 Å². The van der Waals surface area contributed by atoms with Crippen molar-refractivity contribution in [2.24, 2.45) is 0 Å². The predicted molar refractivity (Wildman–Crippen MR) is 287 cm³/mol. The van der Waals surface area contributed by atoms with Gasteiger partial charge in [0, 0.05) is 53.6 Å². The lowest BCUT2D eigenvalue weighted by atomic mass is 9.85. The van der Waals surface area contributed by atoms with Crippen LogP contribution in [0.1, 0.15) is 50.1 Å². The maximum absolute atomic E-state index is 7.12. The van der Waals surface area contributed by atoms with Crippen LogP contribution < -0.4 is 9.13 Å². The largest absolute Gasteiger partial charge is 0.284 e. The van der Waals surface area contributed by atoms with Gasteiger partial charge in [-0.1, -0.05) is 127 Å². The van der Waals surface area contributed by atoms with Gasteiger partial charge in [0.2, 0.25) is 17.7 Å². The van der Waals surface area contributed by atoms with Gasteiger partial charge in [0.1, 0.15) is 19.3 Å². The molecular weight excluding hydrogens is 979 g/mol. The van der Waals surface area contributed by atoms with E-state index in [0.717, 1.165) is 58.2 Å². The van der Waals surface area contributed by atoms with E-state index in [0.29, 0.717) is 69.9 Å². The Kier molecular flexibility index (Phi) is 13.9. The van der Waals surface area contributed by atoms with Crippen LogP contribution in [0.15, 0.2) is 156 Å². The van der Waals surface area contributed by atoms with Crippen LogP contribution in [0.3, 0.4) is 0 Å². The lowest BCUT2D eigenvalue weighted by Crippen LogP contribution is -2.37. The second kappa shape index (κ2) is 20.2. The van der Waals surface area contributed by atoms with Gasteiger partial charge in [-0.3, -0.25) is 0 Å². The number of imidazole rings is 2. The molecule has 346 valence electrons. The maximum Gasteiger partial charge on any atom is 0.284 e. The summed E-state index contributed by atoms with van der Waals surface area (Å²) in [6.07, 6.45) is 10.6. The number of rotatable bonds is 15. The zero-order valence-electron chi connectivity index (χ0n) is 38.6. The number of aromatic nitrogens is 4. The molecule has 0 amide bonds. The molecule has 3 heterocycles. The van der Waals surface area contributed by atoms with Gasteiger partial charge >= 0.3 is 0 Å². The van der Waals surface area contributed by atoms with Crippen molar-refractivity contribution in [1.29, 1.82) is 0 Å². The van der Waals surface area contributed by atoms with Gasteiger partial charge in [-0.15, -0.1) is 0 Å². The minimum absolute atomic E-state index is 0.483. The molecule has 0 radical (unpaired) electrons. The van der Waals surface area contributed by atoms with Crippen molar-refractivity contribution in [3.63, 3.8) is 0 Å². The lowest BCUT2D eigenvalue weighted by molar-refractivity contribution is -0.686. The van der Waals surface area contributed by atoms with Gasteiger partial charge < -0.3 is 0 Å². The van der Waals surface area contributed by atoms with Crippen molar-refractivity contribution in [1.82, 2.24) is 14.0 Å². The van der Waals surface area contributed by atoms with E-state index in [1.165, 1.54) is 49.0 Å². The third kappa shape index (κ3) is 9.77. The van der Waals surface area contributed by atoms with Gasteiger partial charge in [-0.2, -0.15) is 4.90 Å². The highest BCUT2D eigenvalue weighted by Gasteiger charge is 2.36. The Hall–Kier alpha value is -5.33. The first-order valence-electron chi connectivity index (χ1n) is 23.3. The summed E-state index contributed by atoms with van der Waals surface area (Å²) in [6.45, 7) is 9.54. The molecule has 1 aliphatic heterocycles. The summed E-state index contributed by atoms with van der Waals surface area (Å²) < 4.78 is 8.16. The molecule has 5 nitrogen and oxygen atoms in total. The highest BCUT2D eigenvalue weighted by atomic mass is 35.5. The molecule has 0 N–H and O–H groups in total.